The van der Waals surface area contributed by atoms with E-state index in [0.717, 1.165) is 23.4 Å². The predicted molar refractivity (Wildman–Crippen MR) is 64.2 cm³/mol. The van der Waals surface area contributed by atoms with E-state index < -0.39 is 0 Å². The zero-order valence-corrected chi connectivity index (χ0v) is 9.49. The Morgan fingerprint density at radius 2 is 2.27 bits per heavy atom. The molecular formula is C12H17N3. The van der Waals surface area contributed by atoms with Crippen molar-refractivity contribution in [1.82, 2.24) is 9.97 Å². The minimum Gasteiger partial charge on any atom is -0.356 e. The average molecular weight is 203 g/mol. The van der Waals surface area contributed by atoms with Gasteiger partial charge in [0.15, 0.2) is 0 Å². The highest BCUT2D eigenvalue weighted by Gasteiger charge is 2.10. The maximum Gasteiger partial charge on any atom is 0.108 e. The first kappa shape index (κ1) is 10.0. The molecule has 2 rings (SSSR count). The number of rotatable bonds is 3. The normalized spacial score (nSPS) is 11.2. The molecule has 0 aromatic carbocycles. The first-order valence-corrected chi connectivity index (χ1v) is 5.42. The summed E-state index contributed by atoms with van der Waals surface area (Å²) < 4.78 is 0. The van der Waals surface area contributed by atoms with Gasteiger partial charge in [-0.25, -0.2) is 0 Å². The molecule has 2 aromatic heterocycles. The molecule has 2 heterocycles. The molecule has 80 valence electrons. The van der Waals surface area contributed by atoms with E-state index in [0.29, 0.717) is 6.04 Å². The van der Waals surface area contributed by atoms with Gasteiger partial charge in [-0.15, -0.1) is 0 Å². The number of anilines is 1. The second-order valence-corrected chi connectivity index (χ2v) is 3.97. The van der Waals surface area contributed by atoms with Crippen LogP contribution in [0.5, 0.6) is 0 Å². The quantitative estimate of drug-likeness (QED) is 0.831. The molecule has 0 amide bonds. The highest BCUT2D eigenvalue weighted by molar-refractivity contribution is 5.80. The van der Waals surface area contributed by atoms with Crippen LogP contribution < -0.4 is 4.90 Å². The van der Waals surface area contributed by atoms with E-state index in [1.54, 1.807) is 0 Å². The van der Waals surface area contributed by atoms with Gasteiger partial charge in [0.05, 0.1) is 11.0 Å². The Balaban J connectivity index is 2.43. The summed E-state index contributed by atoms with van der Waals surface area (Å²) in [6.45, 7) is 7.56. The number of aromatic amines is 1. The highest BCUT2D eigenvalue weighted by atomic mass is 15.2. The third-order valence-electron chi connectivity index (χ3n) is 2.65. The molecule has 0 atom stereocenters. The molecule has 2 aromatic rings. The summed E-state index contributed by atoms with van der Waals surface area (Å²) in [6, 6.07) is 6.62. The van der Waals surface area contributed by atoms with Crippen LogP contribution in [0.3, 0.4) is 0 Å². The maximum absolute atomic E-state index is 4.32. The average Bonchev–Trinajstić information content (AvgIpc) is 2.61. The van der Waals surface area contributed by atoms with Crippen LogP contribution in [0, 0.1) is 0 Å². The largest absolute Gasteiger partial charge is 0.356 e. The Hall–Kier alpha value is -1.51. The van der Waals surface area contributed by atoms with Gasteiger partial charge in [-0.05, 0) is 32.9 Å². The summed E-state index contributed by atoms with van der Waals surface area (Å²) in [4.78, 5) is 10.0. The van der Waals surface area contributed by atoms with E-state index in [9.17, 15) is 0 Å². The molecule has 3 heteroatoms. The summed E-state index contributed by atoms with van der Waals surface area (Å²) in [5.41, 5.74) is 2.14. The number of nitrogens with zero attached hydrogens (tertiary/aromatic N) is 2. The van der Waals surface area contributed by atoms with E-state index in [2.05, 4.69) is 47.8 Å². The fraction of sp³-hybridized carbons (Fsp3) is 0.417. The number of H-pyrrole nitrogens is 1. The Kier molecular flexibility index (Phi) is 2.62. The van der Waals surface area contributed by atoms with Crippen molar-refractivity contribution < 1.29 is 0 Å². The molecule has 0 radical (unpaired) electrons. The van der Waals surface area contributed by atoms with Gasteiger partial charge in [-0.1, -0.05) is 0 Å². The van der Waals surface area contributed by atoms with Crippen molar-refractivity contribution in [1.29, 1.82) is 0 Å². The standard InChI is InChI=1S/C12H17N3/c1-4-15(9(2)3)12-8-11-10(14-12)6-5-7-13-11/h5-9,14H,4H2,1-3H3. The minimum absolute atomic E-state index is 0.503. The number of aromatic nitrogens is 2. The fourth-order valence-electron chi connectivity index (χ4n) is 1.91. The zero-order chi connectivity index (χ0) is 10.8. The van der Waals surface area contributed by atoms with Crippen LogP contribution in [0.25, 0.3) is 11.0 Å². The molecule has 0 unspecified atom stereocenters. The van der Waals surface area contributed by atoms with Crippen molar-refractivity contribution in [2.75, 3.05) is 11.4 Å². The molecule has 0 fully saturated rings. The first-order chi connectivity index (χ1) is 7.22. The smallest absolute Gasteiger partial charge is 0.108 e. The van der Waals surface area contributed by atoms with Gasteiger partial charge < -0.3 is 9.88 Å². The Bertz CT molecular complexity index is 412. The van der Waals surface area contributed by atoms with Crippen molar-refractivity contribution in [3.8, 4) is 0 Å². The Morgan fingerprint density at radius 1 is 1.47 bits per heavy atom. The summed E-state index contributed by atoms with van der Waals surface area (Å²) >= 11 is 0. The topological polar surface area (TPSA) is 31.9 Å². The Labute approximate surface area is 90.1 Å². The third-order valence-corrected chi connectivity index (χ3v) is 2.65. The summed E-state index contributed by atoms with van der Waals surface area (Å²) in [6.07, 6.45) is 1.83. The monoisotopic (exact) mass is 203 g/mol. The lowest BCUT2D eigenvalue weighted by Gasteiger charge is -2.25. The lowest BCUT2D eigenvalue weighted by Crippen LogP contribution is -2.30. The van der Waals surface area contributed by atoms with Gasteiger partial charge in [0.1, 0.15) is 5.82 Å². The predicted octanol–water partition coefficient (Wildman–Crippen LogP) is 2.80. The van der Waals surface area contributed by atoms with E-state index >= 15 is 0 Å². The van der Waals surface area contributed by atoms with E-state index in [4.69, 9.17) is 0 Å². The van der Waals surface area contributed by atoms with Crippen LogP contribution in [0.2, 0.25) is 0 Å². The van der Waals surface area contributed by atoms with Gasteiger partial charge in [0.2, 0.25) is 0 Å². The van der Waals surface area contributed by atoms with E-state index in [-0.39, 0.29) is 0 Å². The fourth-order valence-corrected chi connectivity index (χ4v) is 1.91. The van der Waals surface area contributed by atoms with Crippen LogP contribution in [-0.2, 0) is 0 Å². The third kappa shape index (κ3) is 1.82. The molecule has 0 spiro atoms. The molecule has 0 aliphatic carbocycles. The number of pyridine rings is 1. The second-order valence-electron chi connectivity index (χ2n) is 3.97. The van der Waals surface area contributed by atoms with Crippen LogP contribution in [-0.4, -0.2) is 22.6 Å². The van der Waals surface area contributed by atoms with Gasteiger partial charge >= 0.3 is 0 Å². The number of nitrogens with one attached hydrogen (secondary N) is 1. The number of hydrogen-bond donors (Lipinski definition) is 1. The minimum atomic E-state index is 0.503. The molecule has 0 aliphatic heterocycles. The number of hydrogen-bond acceptors (Lipinski definition) is 2. The van der Waals surface area contributed by atoms with E-state index in [1.165, 1.54) is 0 Å². The van der Waals surface area contributed by atoms with Gasteiger partial charge in [-0.3, -0.25) is 4.98 Å². The van der Waals surface area contributed by atoms with Crippen molar-refractivity contribution >= 4 is 16.9 Å². The molecule has 0 saturated carbocycles. The summed E-state index contributed by atoms with van der Waals surface area (Å²) in [5.74, 6) is 1.15. The van der Waals surface area contributed by atoms with Crippen molar-refractivity contribution in [2.24, 2.45) is 0 Å². The molecule has 0 saturated heterocycles. The van der Waals surface area contributed by atoms with Gasteiger partial charge in [-0.2, -0.15) is 0 Å². The van der Waals surface area contributed by atoms with Crippen LogP contribution >= 0.6 is 0 Å². The van der Waals surface area contributed by atoms with Crippen LogP contribution in [0.15, 0.2) is 24.4 Å². The highest BCUT2D eigenvalue weighted by Crippen LogP contribution is 2.21. The number of fused-ring (bicyclic) bond motifs is 1. The lowest BCUT2D eigenvalue weighted by molar-refractivity contribution is 0.696. The molecular weight excluding hydrogens is 186 g/mol. The summed E-state index contributed by atoms with van der Waals surface area (Å²) in [5, 5.41) is 0. The van der Waals surface area contributed by atoms with Crippen molar-refractivity contribution in [3.05, 3.63) is 24.4 Å². The second kappa shape index (κ2) is 3.93. The van der Waals surface area contributed by atoms with Crippen LogP contribution in [0.4, 0.5) is 5.82 Å². The molecule has 3 nitrogen and oxygen atoms in total. The molecule has 1 N–H and O–H groups in total. The van der Waals surface area contributed by atoms with E-state index in [1.807, 2.05) is 12.3 Å². The SMILES string of the molecule is CCN(c1cc2ncccc2[nH]1)C(C)C. The maximum atomic E-state index is 4.32. The lowest BCUT2D eigenvalue weighted by atomic mass is 10.3. The van der Waals surface area contributed by atoms with Gasteiger partial charge in [0.25, 0.3) is 0 Å². The molecule has 15 heavy (non-hydrogen) atoms. The van der Waals surface area contributed by atoms with Crippen molar-refractivity contribution in [3.63, 3.8) is 0 Å². The first-order valence-electron chi connectivity index (χ1n) is 5.42. The molecule has 0 aliphatic rings. The zero-order valence-electron chi connectivity index (χ0n) is 9.49. The summed E-state index contributed by atoms with van der Waals surface area (Å²) in [7, 11) is 0. The Morgan fingerprint density at radius 3 is 2.87 bits per heavy atom. The molecule has 0 bridgehead atoms. The van der Waals surface area contributed by atoms with Crippen LogP contribution in [0.1, 0.15) is 20.8 Å². The van der Waals surface area contributed by atoms with Gasteiger partial charge in [0, 0.05) is 24.8 Å². The van der Waals surface area contributed by atoms with Crippen molar-refractivity contribution in [2.45, 2.75) is 26.8 Å².